The Kier molecular flexibility index (Phi) is 5.89. The summed E-state index contributed by atoms with van der Waals surface area (Å²) in [6.07, 6.45) is 4.47. The predicted octanol–water partition coefficient (Wildman–Crippen LogP) is 1.74. The Hall–Kier alpha value is -1.09. The van der Waals surface area contributed by atoms with E-state index < -0.39 is 5.97 Å². The number of carbonyl (C=O) groups is 1. The van der Waals surface area contributed by atoms with Crippen molar-refractivity contribution in [3.8, 4) is 0 Å². The number of hydrogen-bond donors (Lipinski definition) is 2. The summed E-state index contributed by atoms with van der Waals surface area (Å²) in [7, 11) is 0. The number of carboxylic acids is 1. The van der Waals surface area contributed by atoms with Crippen LogP contribution >= 0.6 is 0 Å². The molecule has 0 fully saturated rings. The molecule has 0 spiro atoms. The topological polar surface area (TPSA) is 57.5 Å². The van der Waals surface area contributed by atoms with Crippen LogP contribution in [0.15, 0.2) is 23.3 Å². The van der Waals surface area contributed by atoms with E-state index in [-0.39, 0.29) is 6.61 Å². The van der Waals surface area contributed by atoms with Crippen LogP contribution in [-0.2, 0) is 4.79 Å². The van der Waals surface area contributed by atoms with Gasteiger partial charge in [-0.25, -0.2) is 4.79 Å². The minimum absolute atomic E-state index is 0.178. The highest BCUT2D eigenvalue weighted by atomic mass is 16.4. The zero-order valence-electron chi connectivity index (χ0n) is 8.08. The quantitative estimate of drug-likeness (QED) is 0.505. The van der Waals surface area contributed by atoms with Crippen LogP contribution in [-0.4, -0.2) is 22.8 Å². The highest BCUT2D eigenvalue weighted by Gasteiger charge is 1.97. The smallest absolute Gasteiger partial charge is 0.328 e. The van der Waals surface area contributed by atoms with Crippen molar-refractivity contribution in [3.63, 3.8) is 0 Å². The van der Waals surface area contributed by atoms with Crippen molar-refractivity contribution in [2.45, 2.75) is 26.7 Å². The molecule has 3 nitrogen and oxygen atoms in total. The molecule has 0 amide bonds. The van der Waals surface area contributed by atoms with Crippen LogP contribution in [0, 0.1) is 0 Å². The summed E-state index contributed by atoms with van der Waals surface area (Å²) in [4.78, 5) is 10.3. The Morgan fingerprint density at radius 2 is 2.00 bits per heavy atom. The number of rotatable bonds is 5. The Balaban J connectivity index is 4.00. The molecule has 0 aliphatic carbocycles. The van der Waals surface area contributed by atoms with Crippen molar-refractivity contribution in [1.29, 1.82) is 0 Å². The average molecular weight is 184 g/mol. The molecule has 74 valence electrons. The van der Waals surface area contributed by atoms with Gasteiger partial charge in [-0.2, -0.15) is 0 Å². The molecule has 0 aliphatic heterocycles. The number of hydrogen-bond acceptors (Lipinski definition) is 2. The standard InChI is InChI=1S/C10H16O3/c1-8(2)4-3-5-9(7-11)6-10(12)13/h4,6,11H,3,5,7H2,1-2H3,(H,12,13)/b9-6+. The number of aliphatic hydroxyl groups is 1. The van der Waals surface area contributed by atoms with E-state index in [0.29, 0.717) is 12.0 Å². The Morgan fingerprint density at radius 1 is 1.38 bits per heavy atom. The molecule has 0 radical (unpaired) electrons. The zero-order valence-corrected chi connectivity index (χ0v) is 8.08. The minimum atomic E-state index is -0.999. The van der Waals surface area contributed by atoms with E-state index in [4.69, 9.17) is 10.2 Å². The van der Waals surface area contributed by atoms with Crippen LogP contribution in [0.2, 0.25) is 0 Å². The van der Waals surface area contributed by atoms with E-state index in [2.05, 4.69) is 0 Å². The largest absolute Gasteiger partial charge is 0.478 e. The molecule has 0 aromatic heterocycles. The van der Waals surface area contributed by atoms with Crippen LogP contribution in [0.4, 0.5) is 0 Å². The molecule has 0 aromatic rings. The van der Waals surface area contributed by atoms with E-state index in [1.54, 1.807) is 0 Å². The zero-order chi connectivity index (χ0) is 10.3. The van der Waals surface area contributed by atoms with Crippen molar-refractivity contribution < 1.29 is 15.0 Å². The third-order valence-corrected chi connectivity index (χ3v) is 1.55. The van der Waals surface area contributed by atoms with E-state index in [9.17, 15) is 4.79 Å². The lowest BCUT2D eigenvalue weighted by Crippen LogP contribution is -1.96. The van der Waals surface area contributed by atoms with E-state index in [0.717, 1.165) is 12.5 Å². The first-order valence-electron chi connectivity index (χ1n) is 4.23. The molecule has 3 heteroatoms. The van der Waals surface area contributed by atoms with E-state index >= 15 is 0 Å². The second-order valence-electron chi connectivity index (χ2n) is 3.12. The summed E-state index contributed by atoms with van der Waals surface area (Å²) in [5.74, 6) is -0.999. The lowest BCUT2D eigenvalue weighted by molar-refractivity contribution is -0.131. The molecule has 0 atom stereocenters. The third kappa shape index (κ3) is 7.28. The summed E-state index contributed by atoms with van der Waals surface area (Å²) in [5.41, 5.74) is 1.76. The normalized spacial score (nSPS) is 11.2. The highest BCUT2D eigenvalue weighted by molar-refractivity contribution is 5.80. The summed E-state index contributed by atoms with van der Waals surface area (Å²) >= 11 is 0. The molecule has 0 unspecified atom stereocenters. The van der Waals surface area contributed by atoms with Gasteiger partial charge in [0.2, 0.25) is 0 Å². The first kappa shape index (κ1) is 11.9. The van der Waals surface area contributed by atoms with Crippen LogP contribution in [0.5, 0.6) is 0 Å². The van der Waals surface area contributed by atoms with Gasteiger partial charge in [0.25, 0.3) is 0 Å². The van der Waals surface area contributed by atoms with E-state index in [1.165, 1.54) is 5.57 Å². The maximum Gasteiger partial charge on any atom is 0.328 e. The number of aliphatic hydroxyl groups excluding tert-OH is 1. The van der Waals surface area contributed by atoms with Gasteiger partial charge in [-0.05, 0) is 32.3 Å². The number of carboxylic acid groups (broad SMARTS) is 1. The predicted molar refractivity (Wildman–Crippen MR) is 51.5 cm³/mol. The van der Waals surface area contributed by atoms with Crippen molar-refractivity contribution in [2.24, 2.45) is 0 Å². The number of aliphatic carboxylic acids is 1. The second-order valence-corrected chi connectivity index (χ2v) is 3.12. The fraction of sp³-hybridized carbons (Fsp3) is 0.500. The first-order valence-corrected chi connectivity index (χ1v) is 4.23. The fourth-order valence-corrected chi connectivity index (χ4v) is 0.918. The maximum absolute atomic E-state index is 10.3. The third-order valence-electron chi connectivity index (χ3n) is 1.55. The Morgan fingerprint density at radius 3 is 2.38 bits per heavy atom. The summed E-state index contributed by atoms with van der Waals surface area (Å²) in [5, 5.41) is 17.2. The molecule has 0 heterocycles. The summed E-state index contributed by atoms with van der Waals surface area (Å²) in [6.45, 7) is 3.79. The van der Waals surface area contributed by atoms with Crippen LogP contribution in [0.25, 0.3) is 0 Å². The highest BCUT2D eigenvalue weighted by Crippen LogP contribution is 2.06. The Bertz CT molecular complexity index is 222. The van der Waals surface area contributed by atoms with Crippen molar-refractivity contribution in [1.82, 2.24) is 0 Å². The second kappa shape index (κ2) is 6.43. The van der Waals surface area contributed by atoms with Crippen molar-refractivity contribution >= 4 is 5.97 Å². The minimum Gasteiger partial charge on any atom is -0.478 e. The maximum atomic E-state index is 10.3. The van der Waals surface area contributed by atoms with Gasteiger partial charge in [0.1, 0.15) is 0 Å². The average Bonchev–Trinajstić information content (AvgIpc) is 2.01. The van der Waals surface area contributed by atoms with Crippen LogP contribution in [0.3, 0.4) is 0 Å². The van der Waals surface area contributed by atoms with Crippen LogP contribution < -0.4 is 0 Å². The van der Waals surface area contributed by atoms with Crippen LogP contribution in [0.1, 0.15) is 26.7 Å². The lowest BCUT2D eigenvalue weighted by atomic mass is 10.1. The molecule has 2 N–H and O–H groups in total. The Labute approximate surface area is 78.4 Å². The van der Waals surface area contributed by atoms with Crippen molar-refractivity contribution in [2.75, 3.05) is 6.61 Å². The molecule has 13 heavy (non-hydrogen) atoms. The monoisotopic (exact) mass is 184 g/mol. The summed E-state index contributed by atoms with van der Waals surface area (Å²) < 4.78 is 0. The summed E-state index contributed by atoms with van der Waals surface area (Å²) in [6, 6.07) is 0. The molecular weight excluding hydrogens is 168 g/mol. The molecule has 0 aromatic carbocycles. The molecule has 0 aliphatic rings. The molecule has 0 rings (SSSR count). The van der Waals surface area contributed by atoms with Gasteiger partial charge in [0, 0.05) is 6.08 Å². The van der Waals surface area contributed by atoms with Gasteiger partial charge in [0.05, 0.1) is 6.61 Å². The van der Waals surface area contributed by atoms with Gasteiger partial charge in [-0.15, -0.1) is 0 Å². The first-order chi connectivity index (χ1) is 6.06. The van der Waals surface area contributed by atoms with Gasteiger partial charge < -0.3 is 10.2 Å². The molecule has 0 saturated heterocycles. The van der Waals surface area contributed by atoms with Gasteiger partial charge in [-0.3, -0.25) is 0 Å². The van der Waals surface area contributed by atoms with Crippen molar-refractivity contribution in [3.05, 3.63) is 23.3 Å². The van der Waals surface area contributed by atoms with Gasteiger partial charge in [0.15, 0.2) is 0 Å². The van der Waals surface area contributed by atoms with E-state index in [1.807, 2.05) is 19.9 Å². The lowest BCUT2D eigenvalue weighted by Gasteiger charge is -1.99. The SMILES string of the molecule is CC(C)=CCC/C(=C\C(=O)O)CO. The number of allylic oxidation sites excluding steroid dienone is 2. The van der Waals surface area contributed by atoms with Gasteiger partial charge >= 0.3 is 5.97 Å². The van der Waals surface area contributed by atoms with Gasteiger partial charge in [-0.1, -0.05) is 11.6 Å². The molecular formula is C10H16O3. The fourth-order valence-electron chi connectivity index (χ4n) is 0.918. The molecule has 0 bridgehead atoms. The molecule has 0 saturated carbocycles.